The average molecular weight is 337 g/mol. The second kappa shape index (κ2) is 6.84. The zero-order valence-electron chi connectivity index (χ0n) is 14.5. The minimum Gasteiger partial charge on any atom is -0.497 e. The molecule has 5 heteroatoms. The quantitative estimate of drug-likeness (QED) is 0.860. The molecule has 2 aliphatic heterocycles. The van der Waals surface area contributed by atoms with Crippen LogP contribution in [0, 0.1) is 0 Å². The fourth-order valence-electron chi connectivity index (χ4n) is 4.15. The van der Waals surface area contributed by atoms with Crippen LogP contribution in [0.5, 0.6) is 5.75 Å². The van der Waals surface area contributed by atoms with Crippen molar-refractivity contribution in [2.45, 2.75) is 31.5 Å². The van der Waals surface area contributed by atoms with Crippen molar-refractivity contribution in [1.82, 2.24) is 14.8 Å². The number of hydrogen-bond donors (Lipinski definition) is 0. The number of hydrogen-bond acceptors (Lipinski definition) is 4. The zero-order chi connectivity index (χ0) is 17.2. The van der Waals surface area contributed by atoms with E-state index in [-0.39, 0.29) is 5.91 Å². The molecule has 25 heavy (non-hydrogen) atoms. The number of aromatic nitrogens is 1. The van der Waals surface area contributed by atoms with Gasteiger partial charge in [0.15, 0.2) is 0 Å². The number of carbonyl (C=O) groups excluding carboxylic acids is 1. The number of amides is 1. The number of rotatable bonds is 4. The zero-order valence-corrected chi connectivity index (χ0v) is 14.5. The topological polar surface area (TPSA) is 45.7 Å². The van der Waals surface area contributed by atoms with Crippen LogP contribution in [0.1, 0.15) is 28.8 Å². The monoisotopic (exact) mass is 337 g/mol. The highest BCUT2D eigenvalue weighted by molar-refractivity contribution is 5.94. The lowest BCUT2D eigenvalue weighted by Gasteiger charge is -2.25. The molecular formula is C20H23N3O2. The number of ether oxygens (including phenoxy) is 1. The minimum absolute atomic E-state index is 0.137. The maximum absolute atomic E-state index is 12.9. The molecule has 0 radical (unpaired) electrons. The number of nitrogens with zero attached hydrogens (tertiary/aromatic N) is 3. The summed E-state index contributed by atoms with van der Waals surface area (Å²) in [6, 6.07) is 12.3. The van der Waals surface area contributed by atoms with Gasteiger partial charge in [0.2, 0.25) is 0 Å². The maximum Gasteiger partial charge on any atom is 0.254 e. The van der Waals surface area contributed by atoms with E-state index in [0.717, 1.165) is 43.8 Å². The van der Waals surface area contributed by atoms with Crippen LogP contribution in [0.15, 0.2) is 48.8 Å². The molecule has 0 unspecified atom stereocenters. The van der Waals surface area contributed by atoms with E-state index in [2.05, 4.69) is 20.9 Å². The van der Waals surface area contributed by atoms with Crippen LogP contribution in [0.3, 0.4) is 0 Å². The highest BCUT2D eigenvalue weighted by Gasteiger charge is 2.44. The summed E-state index contributed by atoms with van der Waals surface area (Å²) in [5.41, 5.74) is 1.98. The maximum atomic E-state index is 12.9. The second-order valence-corrected chi connectivity index (χ2v) is 6.77. The fourth-order valence-corrected chi connectivity index (χ4v) is 4.15. The smallest absolute Gasteiger partial charge is 0.254 e. The van der Waals surface area contributed by atoms with Crippen LogP contribution in [0.2, 0.25) is 0 Å². The molecule has 2 aromatic rings. The first-order chi connectivity index (χ1) is 12.3. The highest BCUT2D eigenvalue weighted by atomic mass is 16.5. The molecule has 0 bridgehead atoms. The largest absolute Gasteiger partial charge is 0.497 e. The molecule has 1 aromatic heterocycles. The van der Waals surface area contributed by atoms with Crippen LogP contribution >= 0.6 is 0 Å². The summed E-state index contributed by atoms with van der Waals surface area (Å²) in [4.78, 5) is 21.7. The van der Waals surface area contributed by atoms with E-state index in [1.807, 2.05) is 36.5 Å². The van der Waals surface area contributed by atoms with Crippen molar-refractivity contribution >= 4 is 5.91 Å². The fraction of sp³-hybridized carbons (Fsp3) is 0.400. The van der Waals surface area contributed by atoms with Gasteiger partial charge >= 0.3 is 0 Å². The molecule has 3 heterocycles. The Morgan fingerprint density at radius 2 is 1.96 bits per heavy atom. The molecule has 4 rings (SSSR count). The van der Waals surface area contributed by atoms with E-state index < -0.39 is 0 Å². The van der Waals surface area contributed by atoms with Crippen molar-refractivity contribution in [1.29, 1.82) is 0 Å². The Balaban J connectivity index is 1.45. The molecule has 0 spiro atoms. The average Bonchev–Trinajstić information content (AvgIpc) is 3.25. The van der Waals surface area contributed by atoms with Gasteiger partial charge in [-0.3, -0.25) is 14.7 Å². The summed E-state index contributed by atoms with van der Waals surface area (Å²) in [7, 11) is 1.64. The molecule has 1 aromatic carbocycles. The van der Waals surface area contributed by atoms with E-state index >= 15 is 0 Å². The van der Waals surface area contributed by atoms with E-state index in [1.165, 1.54) is 5.56 Å². The van der Waals surface area contributed by atoms with Crippen LogP contribution < -0.4 is 4.74 Å². The molecule has 0 saturated carbocycles. The van der Waals surface area contributed by atoms with Gasteiger partial charge in [0.05, 0.1) is 7.11 Å². The SMILES string of the molecule is COc1ccc(C(=O)N2CC[C@H]3[C@H]2CCN3Cc2cccnc2)cc1. The van der Waals surface area contributed by atoms with Crippen molar-refractivity contribution < 1.29 is 9.53 Å². The summed E-state index contributed by atoms with van der Waals surface area (Å²) in [5, 5.41) is 0. The summed E-state index contributed by atoms with van der Waals surface area (Å²) in [6.07, 6.45) is 5.84. The van der Waals surface area contributed by atoms with Gasteiger partial charge in [0.1, 0.15) is 5.75 Å². The third kappa shape index (κ3) is 3.12. The van der Waals surface area contributed by atoms with Gasteiger partial charge in [0, 0.05) is 49.7 Å². The molecule has 2 fully saturated rings. The van der Waals surface area contributed by atoms with Crippen LogP contribution in [0.25, 0.3) is 0 Å². The Hall–Kier alpha value is -2.40. The van der Waals surface area contributed by atoms with E-state index in [1.54, 1.807) is 13.3 Å². The van der Waals surface area contributed by atoms with Crippen molar-refractivity contribution in [3.8, 4) is 5.75 Å². The lowest BCUT2D eigenvalue weighted by molar-refractivity contribution is 0.0732. The van der Waals surface area contributed by atoms with Crippen LogP contribution in [0.4, 0.5) is 0 Å². The van der Waals surface area contributed by atoms with Crippen molar-refractivity contribution in [2.75, 3.05) is 20.2 Å². The Bertz CT molecular complexity index is 732. The molecular weight excluding hydrogens is 314 g/mol. The van der Waals surface area contributed by atoms with Crippen molar-refractivity contribution in [3.05, 3.63) is 59.9 Å². The Labute approximate surface area is 148 Å². The number of benzene rings is 1. The Kier molecular flexibility index (Phi) is 4.40. The minimum atomic E-state index is 0.137. The molecule has 5 nitrogen and oxygen atoms in total. The van der Waals surface area contributed by atoms with Gasteiger partial charge in [-0.15, -0.1) is 0 Å². The summed E-state index contributed by atoms with van der Waals surface area (Å²) < 4.78 is 5.18. The third-order valence-electron chi connectivity index (χ3n) is 5.40. The van der Waals surface area contributed by atoms with Crippen molar-refractivity contribution in [3.63, 3.8) is 0 Å². The van der Waals surface area contributed by atoms with Gasteiger partial charge in [-0.05, 0) is 48.7 Å². The lowest BCUT2D eigenvalue weighted by Crippen LogP contribution is -2.39. The molecule has 2 atom stereocenters. The molecule has 130 valence electrons. The number of carbonyl (C=O) groups is 1. The Morgan fingerprint density at radius 1 is 1.16 bits per heavy atom. The number of likely N-dealkylation sites (tertiary alicyclic amines) is 2. The number of methoxy groups -OCH3 is 1. The van der Waals surface area contributed by atoms with Gasteiger partial charge < -0.3 is 9.64 Å². The standard InChI is InChI=1S/C20H23N3O2/c1-25-17-6-4-16(5-7-17)20(24)23-12-9-18-19(23)8-11-22(18)14-15-3-2-10-21-13-15/h2-7,10,13,18-19H,8-9,11-12,14H2,1H3/t18-,19+/m0/s1. The molecule has 2 saturated heterocycles. The second-order valence-electron chi connectivity index (χ2n) is 6.77. The summed E-state index contributed by atoms with van der Waals surface area (Å²) in [6.45, 7) is 2.79. The van der Waals surface area contributed by atoms with Gasteiger partial charge in [-0.1, -0.05) is 6.07 Å². The first-order valence-electron chi connectivity index (χ1n) is 8.84. The summed E-state index contributed by atoms with van der Waals surface area (Å²) >= 11 is 0. The Morgan fingerprint density at radius 3 is 2.68 bits per heavy atom. The van der Waals surface area contributed by atoms with E-state index in [9.17, 15) is 4.79 Å². The first-order valence-corrected chi connectivity index (χ1v) is 8.84. The first kappa shape index (κ1) is 16.1. The third-order valence-corrected chi connectivity index (χ3v) is 5.40. The summed E-state index contributed by atoms with van der Waals surface area (Å²) in [5.74, 6) is 0.915. The van der Waals surface area contributed by atoms with E-state index in [4.69, 9.17) is 4.74 Å². The van der Waals surface area contributed by atoms with E-state index in [0.29, 0.717) is 12.1 Å². The molecule has 1 amide bonds. The number of pyridine rings is 1. The molecule has 0 N–H and O–H groups in total. The molecule has 0 aliphatic carbocycles. The van der Waals surface area contributed by atoms with Gasteiger partial charge in [0.25, 0.3) is 5.91 Å². The predicted octanol–water partition coefficient (Wildman–Crippen LogP) is 2.58. The predicted molar refractivity (Wildman–Crippen MR) is 95.5 cm³/mol. The molecule has 2 aliphatic rings. The van der Waals surface area contributed by atoms with Gasteiger partial charge in [-0.2, -0.15) is 0 Å². The van der Waals surface area contributed by atoms with Crippen molar-refractivity contribution in [2.24, 2.45) is 0 Å². The number of fused-ring (bicyclic) bond motifs is 1. The van der Waals surface area contributed by atoms with Crippen LogP contribution in [-0.4, -0.2) is 53.0 Å². The van der Waals surface area contributed by atoms with Crippen LogP contribution in [-0.2, 0) is 6.54 Å². The van der Waals surface area contributed by atoms with Gasteiger partial charge in [-0.25, -0.2) is 0 Å². The highest BCUT2D eigenvalue weighted by Crippen LogP contribution is 2.33. The normalized spacial score (nSPS) is 22.8. The lowest BCUT2D eigenvalue weighted by atomic mass is 10.1.